The van der Waals surface area contributed by atoms with Crippen molar-refractivity contribution in [3.8, 4) is 22.9 Å². The molecule has 2 heterocycles. The Kier molecular flexibility index (Phi) is 5.03. The molecule has 6 nitrogen and oxygen atoms in total. The topological polar surface area (TPSA) is 69.4 Å². The van der Waals surface area contributed by atoms with Crippen molar-refractivity contribution in [3.63, 3.8) is 0 Å². The summed E-state index contributed by atoms with van der Waals surface area (Å²) < 4.78 is 15.8. The Balaban J connectivity index is 0.00000161. The van der Waals surface area contributed by atoms with E-state index >= 15 is 0 Å². The SMILES string of the molecule is COc1ccc(-c2noc([C@@H]3CCCN3)n2)cc1OC.Cl. The lowest BCUT2D eigenvalue weighted by molar-refractivity contribution is 0.344. The highest BCUT2D eigenvalue weighted by Gasteiger charge is 2.22. The van der Waals surface area contributed by atoms with Gasteiger partial charge in [-0.05, 0) is 37.6 Å². The first-order valence-corrected chi connectivity index (χ1v) is 6.61. The molecule has 7 heteroatoms. The van der Waals surface area contributed by atoms with E-state index in [4.69, 9.17) is 14.0 Å². The van der Waals surface area contributed by atoms with Gasteiger partial charge in [-0.15, -0.1) is 12.4 Å². The monoisotopic (exact) mass is 311 g/mol. The van der Waals surface area contributed by atoms with Crippen LogP contribution in [0.3, 0.4) is 0 Å². The first-order valence-electron chi connectivity index (χ1n) is 6.61. The number of aromatic nitrogens is 2. The fraction of sp³-hybridized carbons (Fsp3) is 0.429. The van der Waals surface area contributed by atoms with Gasteiger partial charge in [0.25, 0.3) is 0 Å². The van der Waals surface area contributed by atoms with Crippen LogP contribution in [0.2, 0.25) is 0 Å². The minimum atomic E-state index is 0. The van der Waals surface area contributed by atoms with Crippen LogP contribution in [0, 0.1) is 0 Å². The average Bonchev–Trinajstić information content (AvgIpc) is 3.16. The third-order valence-corrected chi connectivity index (χ3v) is 3.44. The summed E-state index contributed by atoms with van der Waals surface area (Å²) in [7, 11) is 3.21. The third kappa shape index (κ3) is 3.11. The average molecular weight is 312 g/mol. The van der Waals surface area contributed by atoms with Gasteiger partial charge in [-0.1, -0.05) is 5.16 Å². The van der Waals surface area contributed by atoms with Gasteiger partial charge >= 0.3 is 0 Å². The van der Waals surface area contributed by atoms with Gasteiger partial charge in [0.2, 0.25) is 11.7 Å². The summed E-state index contributed by atoms with van der Waals surface area (Å²) in [6, 6.07) is 5.74. The van der Waals surface area contributed by atoms with Gasteiger partial charge < -0.3 is 19.3 Å². The minimum absolute atomic E-state index is 0. The molecule has 0 unspecified atom stereocenters. The Morgan fingerprint density at radius 2 is 2.05 bits per heavy atom. The molecular weight excluding hydrogens is 294 g/mol. The highest BCUT2D eigenvalue weighted by molar-refractivity contribution is 5.85. The van der Waals surface area contributed by atoms with Crippen LogP contribution in [0.5, 0.6) is 11.5 Å². The van der Waals surface area contributed by atoms with Crippen molar-refractivity contribution in [1.29, 1.82) is 0 Å². The number of hydrogen-bond donors (Lipinski definition) is 1. The smallest absolute Gasteiger partial charge is 0.244 e. The van der Waals surface area contributed by atoms with E-state index in [1.807, 2.05) is 18.2 Å². The van der Waals surface area contributed by atoms with Crippen LogP contribution in [0.4, 0.5) is 0 Å². The first kappa shape index (κ1) is 15.6. The number of methoxy groups -OCH3 is 2. The summed E-state index contributed by atoms with van der Waals surface area (Å²) in [4.78, 5) is 4.46. The first-order chi connectivity index (χ1) is 9.81. The molecule has 1 aromatic carbocycles. The van der Waals surface area contributed by atoms with Crippen molar-refractivity contribution in [2.45, 2.75) is 18.9 Å². The molecule has 0 saturated carbocycles. The maximum Gasteiger partial charge on any atom is 0.244 e. The number of halogens is 1. The van der Waals surface area contributed by atoms with Crippen molar-refractivity contribution >= 4 is 12.4 Å². The molecule has 1 N–H and O–H groups in total. The van der Waals surface area contributed by atoms with Crippen LogP contribution >= 0.6 is 12.4 Å². The zero-order valence-electron chi connectivity index (χ0n) is 12.0. The zero-order valence-corrected chi connectivity index (χ0v) is 12.8. The fourth-order valence-electron chi connectivity index (χ4n) is 2.36. The number of nitrogens with zero attached hydrogens (tertiary/aromatic N) is 2. The Morgan fingerprint density at radius 1 is 1.24 bits per heavy atom. The van der Waals surface area contributed by atoms with E-state index in [-0.39, 0.29) is 18.4 Å². The molecule has 0 amide bonds. The van der Waals surface area contributed by atoms with E-state index in [0.717, 1.165) is 24.9 Å². The van der Waals surface area contributed by atoms with Crippen molar-refractivity contribution in [2.24, 2.45) is 0 Å². The lowest BCUT2D eigenvalue weighted by atomic mass is 10.2. The van der Waals surface area contributed by atoms with E-state index in [1.54, 1.807) is 14.2 Å². The van der Waals surface area contributed by atoms with Gasteiger partial charge in [0.1, 0.15) is 0 Å². The second kappa shape index (κ2) is 6.78. The van der Waals surface area contributed by atoms with Crippen molar-refractivity contribution in [1.82, 2.24) is 15.5 Å². The van der Waals surface area contributed by atoms with E-state index in [1.165, 1.54) is 0 Å². The molecule has 3 rings (SSSR count). The Labute approximate surface area is 129 Å². The maximum atomic E-state index is 5.34. The summed E-state index contributed by atoms with van der Waals surface area (Å²) in [6.45, 7) is 0.999. The largest absolute Gasteiger partial charge is 0.493 e. The predicted molar refractivity (Wildman–Crippen MR) is 80.1 cm³/mol. The van der Waals surface area contributed by atoms with E-state index in [2.05, 4.69) is 15.5 Å². The normalized spacial score (nSPS) is 17.3. The van der Waals surface area contributed by atoms with Crippen molar-refractivity contribution < 1.29 is 14.0 Å². The van der Waals surface area contributed by atoms with Crippen LogP contribution in [0.15, 0.2) is 22.7 Å². The predicted octanol–water partition coefficient (Wildman–Crippen LogP) is 2.60. The number of nitrogens with one attached hydrogen (secondary N) is 1. The van der Waals surface area contributed by atoms with Crippen LogP contribution in [-0.4, -0.2) is 30.9 Å². The lowest BCUT2D eigenvalue weighted by Crippen LogP contribution is -2.12. The number of hydrogen-bond acceptors (Lipinski definition) is 6. The molecule has 1 saturated heterocycles. The Morgan fingerprint density at radius 3 is 2.71 bits per heavy atom. The summed E-state index contributed by atoms with van der Waals surface area (Å²) in [5, 5.41) is 7.38. The Bertz CT molecular complexity index is 597. The van der Waals surface area contributed by atoms with Crippen molar-refractivity contribution in [2.75, 3.05) is 20.8 Å². The molecule has 1 aromatic heterocycles. The quantitative estimate of drug-likeness (QED) is 0.936. The number of rotatable bonds is 4. The van der Waals surface area contributed by atoms with Gasteiger partial charge in [-0.25, -0.2) is 0 Å². The van der Waals surface area contributed by atoms with E-state index < -0.39 is 0 Å². The standard InChI is InChI=1S/C14H17N3O3.ClH/c1-18-11-6-5-9(8-12(11)19-2)13-16-14(20-17-13)10-4-3-7-15-10;/h5-6,8,10,15H,3-4,7H2,1-2H3;1H/t10-;/m0./s1. The molecule has 0 aliphatic carbocycles. The molecule has 0 spiro atoms. The summed E-state index contributed by atoms with van der Waals surface area (Å²) in [6.07, 6.45) is 2.17. The summed E-state index contributed by atoms with van der Waals surface area (Å²) in [5.74, 6) is 2.54. The van der Waals surface area contributed by atoms with Crippen molar-refractivity contribution in [3.05, 3.63) is 24.1 Å². The van der Waals surface area contributed by atoms with Gasteiger partial charge in [0.15, 0.2) is 11.5 Å². The third-order valence-electron chi connectivity index (χ3n) is 3.44. The van der Waals surface area contributed by atoms with Crippen LogP contribution in [0.25, 0.3) is 11.4 Å². The maximum absolute atomic E-state index is 5.34. The second-order valence-corrected chi connectivity index (χ2v) is 4.67. The minimum Gasteiger partial charge on any atom is -0.493 e. The second-order valence-electron chi connectivity index (χ2n) is 4.67. The number of benzene rings is 1. The van der Waals surface area contributed by atoms with Crippen LogP contribution < -0.4 is 14.8 Å². The van der Waals surface area contributed by atoms with Gasteiger partial charge in [0, 0.05) is 5.56 Å². The molecule has 1 atom stereocenters. The molecule has 1 aliphatic heterocycles. The van der Waals surface area contributed by atoms with Crippen LogP contribution in [-0.2, 0) is 0 Å². The Hall–Kier alpha value is -1.79. The molecule has 0 bridgehead atoms. The molecule has 114 valence electrons. The molecular formula is C14H18ClN3O3. The number of ether oxygens (including phenoxy) is 2. The molecule has 1 fully saturated rings. The highest BCUT2D eigenvalue weighted by atomic mass is 35.5. The lowest BCUT2D eigenvalue weighted by Gasteiger charge is -2.07. The van der Waals surface area contributed by atoms with Gasteiger partial charge in [-0.2, -0.15) is 4.98 Å². The molecule has 21 heavy (non-hydrogen) atoms. The van der Waals surface area contributed by atoms with Crippen LogP contribution in [0.1, 0.15) is 24.8 Å². The molecule has 2 aromatic rings. The zero-order chi connectivity index (χ0) is 13.9. The molecule has 0 radical (unpaired) electrons. The highest BCUT2D eigenvalue weighted by Crippen LogP contribution is 2.32. The van der Waals surface area contributed by atoms with E-state index in [9.17, 15) is 0 Å². The molecule has 1 aliphatic rings. The van der Waals surface area contributed by atoms with Gasteiger partial charge in [0.05, 0.1) is 20.3 Å². The van der Waals surface area contributed by atoms with Gasteiger partial charge in [-0.3, -0.25) is 0 Å². The summed E-state index contributed by atoms with van der Waals surface area (Å²) >= 11 is 0. The van der Waals surface area contributed by atoms with E-state index in [0.29, 0.717) is 23.2 Å². The fourth-order valence-corrected chi connectivity index (χ4v) is 2.36. The summed E-state index contributed by atoms with van der Waals surface area (Å²) in [5.41, 5.74) is 0.843.